The summed E-state index contributed by atoms with van der Waals surface area (Å²) in [5.74, 6) is -0.497. The van der Waals surface area contributed by atoms with Crippen LogP contribution in [0.1, 0.15) is 29.7 Å². The van der Waals surface area contributed by atoms with Crippen molar-refractivity contribution in [1.82, 2.24) is 10.2 Å². The summed E-state index contributed by atoms with van der Waals surface area (Å²) in [7, 11) is 0. The van der Waals surface area contributed by atoms with Gasteiger partial charge in [0.1, 0.15) is 6.04 Å². The smallest absolute Gasteiger partial charge is 0.248 e. The summed E-state index contributed by atoms with van der Waals surface area (Å²) in [6, 6.07) is 23.1. The molecule has 40 heavy (non-hydrogen) atoms. The maximum atomic E-state index is 13.4. The number of carbonyl (C=O) groups excluding carboxylic acids is 2. The van der Waals surface area contributed by atoms with Crippen LogP contribution in [0.2, 0.25) is 0 Å². The monoisotopic (exact) mass is 538 g/mol. The number of nitriles is 1. The number of benzene rings is 3. The maximum absolute atomic E-state index is 13.4. The Labute approximate surface area is 234 Å². The second-order valence-electron chi connectivity index (χ2n) is 9.60. The van der Waals surface area contributed by atoms with E-state index in [-0.39, 0.29) is 11.8 Å². The van der Waals surface area contributed by atoms with Gasteiger partial charge in [-0.3, -0.25) is 14.5 Å². The number of amides is 2. The van der Waals surface area contributed by atoms with E-state index >= 15 is 0 Å². The molecule has 3 aromatic carbocycles. The zero-order valence-electron chi connectivity index (χ0n) is 22.5. The molecule has 5 N–H and O–H groups in total. The molecule has 1 aliphatic heterocycles. The van der Waals surface area contributed by atoms with Gasteiger partial charge < -0.3 is 26.4 Å². The van der Waals surface area contributed by atoms with E-state index in [0.717, 1.165) is 24.2 Å². The quantitative estimate of drug-likeness (QED) is 0.228. The highest BCUT2D eigenvalue weighted by Gasteiger charge is 2.22. The first-order chi connectivity index (χ1) is 19.4. The normalized spacial score (nSPS) is 16.2. The third-order valence-corrected chi connectivity index (χ3v) is 6.71. The van der Waals surface area contributed by atoms with Crippen molar-refractivity contribution in [3.63, 3.8) is 0 Å². The fourth-order valence-electron chi connectivity index (χ4n) is 4.41. The lowest BCUT2D eigenvalue weighted by atomic mass is 10.0. The molecule has 1 saturated heterocycles. The predicted molar refractivity (Wildman–Crippen MR) is 157 cm³/mol. The van der Waals surface area contributed by atoms with Crippen LogP contribution in [-0.2, 0) is 14.3 Å². The van der Waals surface area contributed by atoms with E-state index in [1.165, 1.54) is 6.08 Å². The molecule has 0 aromatic heterocycles. The van der Waals surface area contributed by atoms with E-state index in [9.17, 15) is 9.59 Å². The van der Waals surface area contributed by atoms with Crippen LogP contribution in [-0.4, -0.2) is 55.6 Å². The summed E-state index contributed by atoms with van der Waals surface area (Å²) in [4.78, 5) is 28.0. The Morgan fingerprint density at radius 2 is 1.85 bits per heavy atom. The summed E-state index contributed by atoms with van der Waals surface area (Å²) < 4.78 is 5.53. The van der Waals surface area contributed by atoms with Gasteiger partial charge in [0.2, 0.25) is 11.8 Å². The van der Waals surface area contributed by atoms with Gasteiger partial charge >= 0.3 is 0 Å². The molecule has 2 amide bonds. The minimum absolute atomic E-state index is 0.206. The summed E-state index contributed by atoms with van der Waals surface area (Å²) in [6.07, 6.45) is 3.15. The molecule has 1 aliphatic rings. The van der Waals surface area contributed by atoms with Crippen LogP contribution in [0, 0.1) is 11.3 Å². The van der Waals surface area contributed by atoms with Crippen molar-refractivity contribution in [3.05, 3.63) is 95.6 Å². The first kappa shape index (κ1) is 28.5. The summed E-state index contributed by atoms with van der Waals surface area (Å²) in [5, 5.41) is 18.2. The summed E-state index contributed by atoms with van der Waals surface area (Å²) in [5.41, 5.74) is 9.69. The van der Waals surface area contributed by atoms with Crippen molar-refractivity contribution >= 4 is 35.0 Å². The number of nitrogen functional groups attached to an aromatic ring is 1. The Morgan fingerprint density at radius 3 is 2.55 bits per heavy atom. The number of nitrogens with two attached hydrogens (primary N) is 1. The number of rotatable bonds is 10. The van der Waals surface area contributed by atoms with Gasteiger partial charge in [0.25, 0.3) is 0 Å². The molecule has 0 bridgehead atoms. The van der Waals surface area contributed by atoms with E-state index in [1.807, 2.05) is 24.3 Å². The highest BCUT2D eigenvalue weighted by Crippen LogP contribution is 2.20. The molecule has 0 saturated carbocycles. The molecule has 0 aliphatic carbocycles. The number of hydrogen-bond acceptors (Lipinski definition) is 7. The van der Waals surface area contributed by atoms with Gasteiger partial charge in [0.15, 0.2) is 0 Å². The van der Waals surface area contributed by atoms with Crippen LogP contribution >= 0.6 is 0 Å². The third-order valence-electron chi connectivity index (χ3n) is 6.71. The highest BCUT2D eigenvalue weighted by atomic mass is 16.5. The number of ether oxygens (including phenoxy) is 1. The molecule has 4 rings (SSSR count). The van der Waals surface area contributed by atoms with Gasteiger partial charge in [-0.1, -0.05) is 36.4 Å². The number of carbonyl (C=O) groups is 2. The third kappa shape index (κ3) is 8.01. The van der Waals surface area contributed by atoms with Gasteiger partial charge in [0.05, 0.1) is 36.2 Å². The standard InChI is InChI=1S/C31H34N6O3/c1-22-21-40-19-18-37(22)17-16-34-30(31(39)35-26-13-8-24(20-32)9-14-26)25-11-6-23(7-12-25)10-15-29(38)36-28-5-3-2-4-27(28)33/h2-15,22,30,34H,16-19,21,33H2,1H3,(H,35,39)(H,36,38)/b15-10+. The van der Waals surface area contributed by atoms with Gasteiger partial charge in [-0.15, -0.1) is 0 Å². The average molecular weight is 539 g/mol. The van der Waals surface area contributed by atoms with Crippen LogP contribution in [0.3, 0.4) is 0 Å². The number of morpholine rings is 1. The minimum atomic E-state index is -0.602. The molecule has 206 valence electrons. The predicted octanol–water partition coefficient (Wildman–Crippen LogP) is 3.78. The summed E-state index contributed by atoms with van der Waals surface area (Å²) >= 11 is 0. The number of para-hydroxylation sites is 2. The number of nitrogens with zero attached hydrogens (tertiary/aromatic N) is 2. The fourth-order valence-corrected chi connectivity index (χ4v) is 4.41. The second-order valence-corrected chi connectivity index (χ2v) is 9.60. The molecule has 0 radical (unpaired) electrons. The molecule has 1 fully saturated rings. The molecule has 9 nitrogen and oxygen atoms in total. The van der Waals surface area contributed by atoms with E-state index in [4.69, 9.17) is 15.7 Å². The highest BCUT2D eigenvalue weighted by molar-refractivity contribution is 6.03. The molecule has 2 unspecified atom stereocenters. The Bertz CT molecular complexity index is 1370. The molecular weight excluding hydrogens is 504 g/mol. The summed E-state index contributed by atoms with van der Waals surface area (Å²) in [6.45, 7) is 5.80. The van der Waals surface area contributed by atoms with E-state index in [2.05, 4.69) is 33.8 Å². The van der Waals surface area contributed by atoms with Gasteiger partial charge in [-0.25, -0.2) is 0 Å². The SMILES string of the molecule is CC1COCCN1CCNC(C(=O)Nc1ccc(C#N)cc1)c1ccc(/C=C/C(=O)Nc2ccccc2N)cc1. The fraction of sp³-hybridized carbons (Fsp3) is 0.258. The Kier molecular flexibility index (Phi) is 10.0. The molecule has 0 spiro atoms. The lowest BCUT2D eigenvalue weighted by Gasteiger charge is -2.33. The topological polar surface area (TPSA) is 133 Å². The van der Waals surface area contributed by atoms with E-state index in [0.29, 0.717) is 48.4 Å². The van der Waals surface area contributed by atoms with E-state index in [1.54, 1.807) is 54.6 Å². The zero-order chi connectivity index (χ0) is 28.3. The average Bonchev–Trinajstić information content (AvgIpc) is 2.97. The van der Waals surface area contributed by atoms with Crippen molar-refractivity contribution in [1.29, 1.82) is 5.26 Å². The van der Waals surface area contributed by atoms with Crippen molar-refractivity contribution in [3.8, 4) is 6.07 Å². The number of hydrogen-bond donors (Lipinski definition) is 4. The van der Waals surface area contributed by atoms with Crippen LogP contribution in [0.25, 0.3) is 6.08 Å². The first-order valence-corrected chi connectivity index (χ1v) is 13.2. The molecule has 9 heteroatoms. The van der Waals surface area contributed by atoms with Gasteiger partial charge in [0, 0.05) is 37.4 Å². The van der Waals surface area contributed by atoms with Crippen molar-refractivity contribution in [2.24, 2.45) is 0 Å². The number of anilines is 3. The lowest BCUT2D eigenvalue weighted by Crippen LogP contribution is -2.47. The van der Waals surface area contributed by atoms with Gasteiger partial charge in [-0.2, -0.15) is 5.26 Å². The molecule has 1 heterocycles. The van der Waals surface area contributed by atoms with Gasteiger partial charge in [-0.05, 0) is 60.5 Å². The minimum Gasteiger partial charge on any atom is -0.397 e. The Balaban J connectivity index is 1.43. The number of nitrogens with one attached hydrogen (secondary N) is 3. The largest absolute Gasteiger partial charge is 0.397 e. The van der Waals surface area contributed by atoms with Crippen LogP contribution in [0.5, 0.6) is 0 Å². The maximum Gasteiger partial charge on any atom is 0.248 e. The van der Waals surface area contributed by atoms with Crippen LogP contribution in [0.4, 0.5) is 17.1 Å². The van der Waals surface area contributed by atoms with Crippen LogP contribution < -0.4 is 21.7 Å². The Hall–Kier alpha value is -4.49. The zero-order valence-corrected chi connectivity index (χ0v) is 22.5. The van der Waals surface area contributed by atoms with Crippen molar-refractivity contribution in [2.75, 3.05) is 49.2 Å². The molecular formula is C31H34N6O3. The molecule has 3 aromatic rings. The lowest BCUT2D eigenvalue weighted by molar-refractivity contribution is -0.118. The van der Waals surface area contributed by atoms with Crippen molar-refractivity contribution < 1.29 is 14.3 Å². The Morgan fingerprint density at radius 1 is 1.10 bits per heavy atom. The second kappa shape index (κ2) is 14.1. The molecule has 2 atom stereocenters. The first-order valence-electron chi connectivity index (χ1n) is 13.2. The van der Waals surface area contributed by atoms with E-state index < -0.39 is 6.04 Å². The van der Waals surface area contributed by atoms with Crippen LogP contribution in [0.15, 0.2) is 78.9 Å². The van der Waals surface area contributed by atoms with Crippen molar-refractivity contribution in [2.45, 2.75) is 19.0 Å².